The van der Waals surface area contributed by atoms with Crippen molar-refractivity contribution in [3.8, 4) is 0 Å². The Kier molecular flexibility index (Phi) is 10.2. The van der Waals surface area contributed by atoms with Gasteiger partial charge in [0.25, 0.3) is 5.69 Å². The van der Waals surface area contributed by atoms with Crippen LogP contribution in [-0.4, -0.2) is 64.9 Å². The van der Waals surface area contributed by atoms with Crippen molar-refractivity contribution in [2.24, 2.45) is 22.2 Å². The SMILES string of the molecule is C[C@H](N)C(=O)NCC(=O)N[C@@H](CCCN=C(N)N)C(=O)Nc1ccc([N+](=O)[O-])c(C(=O)O)c1. The van der Waals surface area contributed by atoms with E-state index in [0.29, 0.717) is 6.42 Å². The number of rotatable bonds is 12. The van der Waals surface area contributed by atoms with E-state index >= 15 is 0 Å². The first-order valence-electron chi connectivity index (χ1n) is 9.63. The summed E-state index contributed by atoms with van der Waals surface area (Å²) in [6.45, 7) is 1.17. The highest BCUT2D eigenvalue weighted by atomic mass is 16.6. The van der Waals surface area contributed by atoms with Gasteiger partial charge in [-0.05, 0) is 31.9 Å². The largest absolute Gasteiger partial charge is 0.477 e. The standard InChI is InChI=1S/C18H26N8O7/c1-9(19)15(28)23-8-14(27)25-12(3-2-6-22-18(20)21)16(29)24-10-4-5-13(26(32)33)11(7-10)17(30)31/h4-5,7,9,12H,2-3,6,8,19H2,1H3,(H,23,28)(H,24,29)(H,25,27)(H,30,31)(H4,20,21,22)/t9-,12-/m0/s1. The number of nitro groups is 1. The fourth-order valence-corrected chi connectivity index (χ4v) is 2.52. The van der Waals surface area contributed by atoms with Gasteiger partial charge in [0, 0.05) is 18.3 Å². The second kappa shape index (κ2) is 12.6. The number of nitrogens with one attached hydrogen (secondary N) is 3. The second-order valence-electron chi connectivity index (χ2n) is 6.86. The molecule has 0 saturated carbocycles. The summed E-state index contributed by atoms with van der Waals surface area (Å²) in [5, 5.41) is 27.3. The third-order valence-electron chi connectivity index (χ3n) is 4.12. The van der Waals surface area contributed by atoms with Crippen molar-refractivity contribution in [2.75, 3.05) is 18.4 Å². The molecule has 15 nitrogen and oxygen atoms in total. The van der Waals surface area contributed by atoms with Crippen LogP contribution in [0.15, 0.2) is 23.2 Å². The third-order valence-corrected chi connectivity index (χ3v) is 4.12. The molecule has 33 heavy (non-hydrogen) atoms. The van der Waals surface area contributed by atoms with Crippen LogP contribution in [0.4, 0.5) is 11.4 Å². The van der Waals surface area contributed by atoms with Crippen LogP contribution in [0.1, 0.15) is 30.1 Å². The molecule has 1 aromatic rings. The Hall–Kier alpha value is -4.27. The lowest BCUT2D eigenvalue weighted by atomic mass is 10.1. The van der Waals surface area contributed by atoms with E-state index in [-0.39, 0.29) is 24.6 Å². The van der Waals surface area contributed by atoms with Gasteiger partial charge in [0.05, 0.1) is 17.5 Å². The Morgan fingerprint density at radius 1 is 1.21 bits per heavy atom. The van der Waals surface area contributed by atoms with Crippen LogP contribution < -0.4 is 33.2 Å². The first kappa shape index (κ1) is 26.8. The number of carbonyl (C=O) groups excluding carboxylic acids is 3. The number of carboxylic acid groups (broad SMARTS) is 1. The number of carbonyl (C=O) groups is 4. The molecule has 1 rings (SSSR count). The maximum absolute atomic E-state index is 12.7. The summed E-state index contributed by atoms with van der Waals surface area (Å²) in [5.41, 5.74) is 14.6. The maximum atomic E-state index is 12.7. The average molecular weight is 466 g/mol. The van der Waals surface area contributed by atoms with E-state index in [1.165, 1.54) is 6.92 Å². The summed E-state index contributed by atoms with van der Waals surface area (Å²) in [4.78, 5) is 61.6. The van der Waals surface area contributed by atoms with Gasteiger partial charge < -0.3 is 38.3 Å². The van der Waals surface area contributed by atoms with Gasteiger partial charge in [-0.1, -0.05) is 0 Å². The molecular weight excluding hydrogens is 440 g/mol. The van der Waals surface area contributed by atoms with Gasteiger partial charge in [-0.3, -0.25) is 29.5 Å². The van der Waals surface area contributed by atoms with Gasteiger partial charge in [0.1, 0.15) is 11.6 Å². The molecule has 0 heterocycles. The van der Waals surface area contributed by atoms with E-state index in [2.05, 4.69) is 20.9 Å². The third kappa shape index (κ3) is 9.18. The molecule has 0 aromatic heterocycles. The van der Waals surface area contributed by atoms with Crippen LogP contribution in [0.25, 0.3) is 0 Å². The van der Waals surface area contributed by atoms with E-state index in [4.69, 9.17) is 17.2 Å². The highest BCUT2D eigenvalue weighted by Crippen LogP contribution is 2.23. The molecule has 0 spiro atoms. The predicted molar refractivity (Wildman–Crippen MR) is 117 cm³/mol. The Balaban J connectivity index is 2.96. The van der Waals surface area contributed by atoms with Crippen LogP contribution in [0, 0.1) is 10.1 Å². The van der Waals surface area contributed by atoms with Crippen molar-refractivity contribution < 1.29 is 29.2 Å². The lowest BCUT2D eigenvalue weighted by Gasteiger charge is -2.19. The molecule has 0 fully saturated rings. The van der Waals surface area contributed by atoms with Gasteiger partial charge in [0.2, 0.25) is 17.7 Å². The lowest BCUT2D eigenvalue weighted by Crippen LogP contribution is -2.49. The summed E-state index contributed by atoms with van der Waals surface area (Å²) >= 11 is 0. The number of hydrogen-bond donors (Lipinski definition) is 7. The van der Waals surface area contributed by atoms with Crippen molar-refractivity contribution in [2.45, 2.75) is 31.8 Å². The highest BCUT2D eigenvalue weighted by molar-refractivity contribution is 6.00. The number of carboxylic acids is 1. The van der Waals surface area contributed by atoms with Crippen LogP contribution >= 0.6 is 0 Å². The zero-order valence-electron chi connectivity index (χ0n) is 17.7. The van der Waals surface area contributed by atoms with Crippen molar-refractivity contribution >= 4 is 41.0 Å². The first-order chi connectivity index (χ1) is 15.4. The highest BCUT2D eigenvalue weighted by Gasteiger charge is 2.24. The number of nitrogens with zero attached hydrogens (tertiary/aromatic N) is 2. The molecule has 1 aromatic carbocycles. The van der Waals surface area contributed by atoms with Crippen LogP contribution in [0.5, 0.6) is 0 Å². The van der Waals surface area contributed by atoms with Gasteiger partial charge in [0.15, 0.2) is 5.96 Å². The number of benzene rings is 1. The topological polar surface area (TPSA) is 258 Å². The smallest absolute Gasteiger partial charge is 0.342 e. The molecule has 0 aliphatic heterocycles. The molecule has 0 bridgehead atoms. The van der Waals surface area contributed by atoms with E-state index in [9.17, 15) is 34.4 Å². The molecule has 0 aliphatic carbocycles. The fraction of sp³-hybridized carbons (Fsp3) is 0.389. The molecule has 15 heteroatoms. The number of aliphatic imine (C=N–C) groups is 1. The quantitative estimate of drug-likeness (QED) is 0.0599. The van der Waals surface area contributed by atoms with E-state index in [1.807, 2.05) is 0 Å². The Bertz CT molecular complexity index is 944. The zero-order valence-corrected chi connectivity index (χ0v) is 17.7. The zero-order chi connectivity index (χ0) is 25.1. The Morgan fingerprint density at radius 2 is 1.88 bits per heavy atom. The maximum Gasteiger partial charge on any atom is 0.342 e. The molecule has 2 atom stereocenters. The van der Waals surface area contributed by atoms with E-state index in [1.54, 1.807) is 0 Å². The molecule has 10 N–H and O–H groups in total. The summed E-state index contributed by atoms with van der Waals surface area (Å²) in [6.07, 6.45) is 0.386. The van der Waals surface area contributed by atoms with Crippen LogP contribution in [-0.2, 0) is 14.4 Å². The number of aromatic carboxylic acids is 1. The fourth-order valence-electron chi connectivity index (χ4n) is 2.52. The Morgan fingerprint density at radius 3 is 2.42 bits per heavy atom. The van der Waals surface area contributed by atoms with Crippen molar-refractivity contribution in [1.29, 1.82) is 0 Å². The summed E-state index contributed by atoms with van der Waals surface area (Å²) < 4.78 is 0. The van der Waals surface area contributed by atoms with Crippen molar-refractivity contribution in [1.82, 2.24) is 10.6 Å². The van der Waals surface area contributed by atoms with Gasteiger partial charge in [-0.15, -0.1) is 0 Å². The number of nitrogens with two attached hydrogens (primary N) is 3. The number of hydrogen-bond acceptors (Lipinski definition) is 8. The van der Waals surface area contributed by atoms with E-state index < -0.39 is 58.5 Å². The van der Waals surface area contributed by atoms with Crippen molar-refractivity contribution in [3.05, 3.63) is 33.9 Å². The minimum Gasteiger partial charge on any atom is -0.477 e. The molecule has 0 aliphatic rings. The first-order valence-corrected chi connectivity index (χ1v) is 9.63. The number of guanidine groups is 1. The average Bonchev–Trinajstić information content (AvgIpc) is 2.73. The normalized spacial score (nSPS) is 12.1. The molecule has 3 amide bonds. The van der Waals surface area contributed by atoms with Crippen molar-refractivity contribution in [3.63, 3.8) is 0 Å². The minimum absolute atomic E-state index is 0.0308. The molecule has 0 saturated heterocycles. The predicted octanol–water partition coefficient (Wildman–Crippen LogP) is -1.77. The number of anilines is 1. The van der Waals surface area contributed by atoms with Gasteiger partial charge in [-0.25, -0.2) is 4.79 Å². The van der Waals surface area contributed by atoms with Gasteiger partial charge >= 0.3 is 5.97 Å². The lowest BCUT2D eigenvalue weighted by molar-refractivity contribution is -0.385. The number of amides is 3. The summed E-state index contributed by atoms with van der Waals surface area (Å²) in [6, 6.07) is 1.09. The summed E-state index contributed by atoms with van der Waals surface area (Å²) in [5.74, 6) is -3.67. The minimum atomic E-state index is -1.55. The molecule has 0 radical (unpaired) electrons. The molecule has 180 valence electrons. The monoisotopic (exact) mass is 466 g/mol. The molecule has 0 unspecified atom stereocenters. The van der Waals surface area contributed by atoms with Crippen LogP contribution in [0.3, 0.4) is 0 Å². The van der Waals surface area contributed by atoms with Crippen LogP contribution in [0.2, 0.25) is 0 Å². The summed E-state index contributed by atoms with van der Waals surface area (Å²) in [7, 11) is 0. The second-order valence-corrected chi connectivity index (χ2v) is 6.86. The van der Waals surface area contributed by atoms with E-state index in [0.717, 1.165) is 18.2 Å². The molecular formula is C18H26N8O7. The van der Waals surface area contributed by atoms with Gasteiger partial charge in [-0.2, -0.15) is 0 Å². The Labute approximate surface area is 187 Å². The number of nitro benzene ring substituents is 1.